The fourth-order valence-electron chi connectivity index (χ4n) is 1.88. The van der Waals surface area contributed by atoms with Crippen LogP contribution < -0.4 is 10.5 Å². The van der Waals surface area contributed by atoms with E-state index in [0.717, 1.165) is 6.42 Å². The summed E-state index contributed by atoms with van der Waals surface area (Å²) in [6.45, 7) is 1.87. The minimum atomic E-state index is -3.60. The standard InChI is InChI=1S/C11H16BrN3O2S/c1-7(4-8-2-3-8)15-18(16,17)10-5-9(12)6-14-11(10)13/h5-8,15H,2-4H2,1H3,(H2,13,14). The Kier molecular flexibility index (Phi) is 3.93. The van der Waals surface area contributed by atoms with E-state index >= 15 is 0 Å². The molecule has 2 rings (SSSR count). The molecule has 1 aliphatic rings. The van der Waals surface area contributed by atoms with E-state index in [2.05, 4.69) is 25.6 Å². The van der Waals surface area contributed by atoms with Gasteiger partial charge in [0.25, 0.3) is 0 Å². The average Bonchev–Trinajstić information content (AvgIpc) is 3.04. The van der Waals surface area contributed by atoms with Crippen LogP contribution in [0.3, 0.4) is 0 Å². The summed E-state index contributed by atoms with van der Waals surface area (Å²) in [6, 6.07) is 1.38. The lowest BCUT2D eigenvalue weighted by atomic mass is 10.2. The number of nitrogens with two attached hydrogens (primary N) is 1. The minimum Gasteiger partial charge on any atom is -0.383 e. The van der Waals surface area contributed by atoms with Gasteiger partial charge in [0, 0.05) is 16.7 Å². The Balaban J connectivity index is 2.16. The summed E-state index contributed by atoms with van der Waals surface area (Å²) in [5.41, 5.74) is 5.61. The third-order valence-electron chi connectivity index (χ3n) is 2.88. The van der Waals surface area contributed by atoms with Crippen molar-refractivity contribution in [1.82, 2.24) is 9.71 Å². The van der Waals surface area contributed by atoms with Crippen LogP contribution >= 0.6 is 15.9 Å². The molecule has 1 fully saturated rings. The first-order valence-corrected chi connectivity index (χ1v) is 8.09. The van der Waals surface area contributed by atoms with Crippen LogP contribution in [0.2, 0.25) is 0 Å². The Morgan fingerprint density at radius 3 is 2.89 bits per heavy atom. The van der Waals surface area contributed by atoms with Crippen molar-refractivity contribution in [3.8, 4) is 0 Å². The van der Waals surface area contributed by atoms with E-state index in [1.54, 1.807) is 0 Å². The van der Waals surface area contributed by atoms with Gasteiger partial charge < -0.3 is 5.73 Å². The lowest BCUT2D eigenvalue weighted by molar-refractivity contribution is 0.530. The number of sulfonamides is 1. The summed E-state index contributed by atoms with van der Waals surface area (Å²) in [4.78, 5) is 3.86. The van der Waals surface area contributed by atoms with E-state index in [-0.39, 0.29) is 16.8 Å². The van der Waals surface area contributed by atoms with E-state index in [1.807, 2.05) is 6.92 Å². The molecule has 1 saturated carbocycles. The normalized spacial score (nSPS) is 17.7. The molecule has 100 valence electrons. The van der Waals surface area contributed by atoms with Crippen LogP contribution in [-0.2, 0) is 10.0 Å². The highest BCUT2D eigenvalue weighted by molar-refractivity contribution is 9.10. The fourth-order valence-corrected chi connectivity index (χ4v) is 3.72. The number of nitrogens with one attached hydrogen (secondary N) is 1. The second kappa shape index (κ2) is 5.14. The highest BCUT2D eigenvalue weighted by Gasteiger charge is 2.27. The molecule has 0 amide bonds. The molecule has 1 unspecified atom stereocenters. The van der Waals surface area contributed by atoms with Crippen molar-refractivity contribution >= 4 is 31.8 Å². The quantitative estimate of drug-likeness (QED) is 0.861. The van der Waals surface area contributed by atoms with E-state index in [0.29, 0.717) is 10.4 Å². The molecule has 3 N–H and O–H groups in total. The van der Waals surface area contributed by atoms with Gasteiger partial charge in [-0.1, -0.05) is 12.8 Å². The number of nitrogen functional groups attached to an aromatic ring is 1. The topological polar surface area (TPSA) is 85.1 Å². The number of halogens is 1. The molecule has 1 aliphatic carbocycles. The predicted molar refractivity (Wildman–Crippen MR) is 73.5 cm³/mol. The highest BCUT2D eigenvalue weighted by Crippen LogP contribution is 2.33. The second-order valence-electron chi connectivity index (χ2n) is 4.74. The fraction of sp³-hybridized carbons (Fsp3) is 0.545. The van der Waals surface area contributed by atoms with Crippen molar-refractivity contribution in [1.29, 1.82) is 0 Å². The Labute approximate surface area is 115 Å². The van der Waals surface area contributed by atoms with Gasteiger partial charge in [0.2, 0.25) is 10.0 Å². The van der Waals surface area contributed by atoms with Crippen molar-refractivity contribution in [2.24, 2.45) is 5.92 Å². The van der Waals surface area contributed by atoms with Crippen molar-refractivity contribution in [2.45, 2.75) is 37.1 Å². The molecule has 0 aromatic carbocycles. The van der Waals surface area contributed by atoms with Crippen molar-refractivity contribution in [3.05, 3.63) is 16.7 Å². The lowest BCUT2D eigenvalue weighted by Gasteiger charge is -2.14. The van der Waals surface area contributed by atoms with Crippen LogP contribution in [0.1, 0.15) is 26.2 Å². The van der Waals surface area contributed by atoms with Gasteiger partial charge in [-0.2, -0.15) is 0 Å². The maximum Gasteiger partial charge on any atom is 0.244 e. The monoisotopic (exact) mass is 333 g/mol. The first kappa shape index (κ1) is 13.8. The number of pyridine rings is 1. The molecule has 0 radical (unpaired) electrons. The smallest absolute Gasteiger partial charge is 0.244 e. The highest BCUT2D eigenvalue weighted by atomic mass is 79.9. The van der Waals surface area contributed by atoms with E-state index < -0.39 is 10.0 Å². The van der Waals surface area contributed by atoms with Gasteiger partial charge in [-0.25, -0.2) is 18.1 Å². The molecule has 18 heavy (non-hydrogen) atoms. The van der Waals surface area contributed by atoms with Gasteiger partial charge in [-0.15, -0.1) is 0 Å². The Morgan fingerprint density at radius 2 is 2.28 bits per heavy atom. The van der Waals surface area contributed by atoms with Gasteiger partial charge in [-0.05, 0) is 41.3 Å². The largest absolute Gasteiger partial charge is 0.383 e. The van der Waals surface area contributed by atoms with Crippen molar-refractivity contribution < 1.29 is 8.42 Å². The first-order chi connectivity index (χ1) is 8.38. The number of hydrogen-bond donors (Lipinski definition) is 2. The van der Waals surface area contributed by atoms with E-state index in [4.69, 9.17) is 5.73 Å². The Hall–Kier alpha value is -0.660. The predicted octanol–water partition coefficient (Wildman–Crippen LogP) is 1.89. The van der Waals surface area contributed by atoms with Crippen LogP contribution in [-0.4, -0.2) is 19.4 Å². The van der Waals surface area contributed by atoms with Gasteiger partial charge in [0.15, 0.2) is 0 Å². The molecule has 5 nitrogen and oxygen atoms in total. The molecule has 0 aliphatic heterocycles. The number of aromatic nitrogens is 1. The zero-order valence-corrected chi connectivity index (χ0v) is 12.5. The molecule has 7 heteroatoms. The third-order valence-corrected chi connectivity index (χ3v) is 4.93. The maximum absolute atomic E-state index is 12.2. The van der Waals surface area contributed by atoms with Crippen LogP contribution in [0, 0.1) is 5.92 Å². The summed E-state index contributed by atoms with van der Waals surface area (Å²) in [6.07, 6.45) is 4.75. The molecule has 0 bridgehead atoms. The average molecular weight is 334 g/mol. The summed E-state index contributed by atoms with van der Waals surface area (Å²) in [5.74, 6) is 0.685. The van der Waals surface area contributed by atoms with Gasteiger partial charge >= 0.3 is 0 Å². The van der Waals surface area contributed by atoms with Crippen LogP contribution in [0.5, 0.6) is 0 Å². The summed E-state index contributed by atoms with van der Waals surface area (Å²) < 4.78 is 27.6. The van der Waals surface area contributed by atoms with Crippen molar-refractivity contribution in [2.75, 3.05) is 5.73 Å². The molecular formula is C11H16BrN3O2S. The summed E-state index contributed by atoms with van der Waals surface area (Å²) in [7, 11) is -3.60. The number of rotatable bonds is 5. The van der Waals surface area contributed by atoms with Gasteiger partial charge in [0.05, 0.1) is 0 Å². The Bertz CT molecular complexity index is 543. The lowest BCUT2D eigenvalue weighted by Crippen LogP contribution is -2.33. The molecule has 1 aromatic rings. The molecule has 1 heterocycles. The van der Waals surface area contributed by atoms with E-state index in [9.17, 15) is 8.42 Å². The molecule has 1 aromatic heterocycles. The Morgan fingerprint density at radius 1 is 1.61 bits per heavy atom. The minimum absolute atomic E-state index is 0.0179. The number of anilines is 1. The van der Waals surface area contributed by atoms with Crippen LogP contribution in [0.4, 0.5) is 5.82 Å². The third kappa shape index (κ3) is 3.43. The summed E-state index contributed by atoms with van der Waals surface area (Å²) in [5, 5.41) is 0. The number of nitrogens with zero attached hydrogens (tertiary/aromatic N) is 1. The first-order valence-electron chi connectivity index (χ1n) is 5.82. The van der Waals surface area contributed by atoms with E-state index in [1.165, 1.54) is 25.1 Å². The molecule has 1 atom stereocenters. The maximum atomic E-state index is 12.2. The second-order valence-corrected chi connectivity index (χ2v) is 7.34. The van der Waals surface area contributed by atoms with Gasteiger partial charge in [-0.3, -0.25) is 0 Å². The SMILES string of the molecule is CC(CC1CC1)NS(=O)(=O)c1cc(Br)cnc1N. The van der Waals surface area contributed by atoms with Crippen LogP contribution in [0.25, 0.3) is 0 Å². The number of hydrogen-bond acceptors (Lipinski definition) is 4. The van der Waals surface area contributed by atoms with Gasteiger partial charge in [0.1, 0.15) is 10.7 Å². The zero-order chi connectivity index (χ0) is 13.3. The molecular weight excluding hydrogens is 318 g/mol. The van der Waals surface area contributed by atoms with Crippen molar-refractivity contribution in [3.63, 3.8) is 0 Å². The molecule has 0 spiro atoms. The van der Waals surface area contributed by atoms with Crippen LogP contribution in [0.15, 0.2) is 21.6 Å². The summed E-state index contributed by atoms with van der Waals surface area (Å²) >= 11 is 3.20. The zero-order valence-electron chi connectivity index (χ0n) is 10.1. The molecule has 0 saturated heterocycles.